The predicted molar refractivity (Wildman–Crippen MR) is 70.6 cm³/mol. The quantitative estimate of drug-likeness (QED) is 0.800. The second-order valence-electron chi connectivity index (χ2n) is 4.95. The lowest BCUT2D eigenvalue weighted by Crippen LogP contribution is -2.53. The van der Waals surface area contributed by atoms with Crippen LogP contribution in [-0.4, -0.2) is 42.3 Å². The first-order valence-corrected chi connectivity index (χ1v) is 6.37. The van der Waals surface area contributed by atoms with Crippen LogP contribution < -0.4 is 5.32 Å². The summed E-state index contributed by atoms with van der Waals surface area (Å²) >= 11 is 0. The van der Waals surface area contributed by atoms with Gasteiger partial charge in [-0.3, -0.25) is 4.79 Å². The Morgan fingerprint density at radius 2 is 2.11 bits per heavy atom. The summed E-state index contributed by atoms with van der Waals surface area (Å²) in [5.41, 5.74) is 1.15. The SMILES string of the molecule is CN1C(=O)C(c2ccccc2)=NC12CCCNC2. The zero-order valence-corrected chi connectivity index (χ0v) is 10.5. The molecule has 1 aromatic rings. The summed E-state index contributed by atoms with van der Waals surface area (Å²) in [4.78, 5) is 18.9. The number of carbonyl (C=O) groups is 1. The second kappa shape index (κ2) is 4.21. The van der Waals surface area contributed by atoms with Crippen LogP contribution >= 0.6 is 0 Å². The second-order valence-corrected chi connectivity index (χ2v) is 4.95. The van der Waals surface area contributed by atoms with Crippen LogP contribution in [0.15, 0.2) is 35.3 Å². The first kappa shape index (κ1) is 11.4. The molecule has 18 heavy (non-hydrogen) atoms. The van der Waals surface area contributed by atoms with Gasteiger partial charge in [0.1, 0.15) is 11.4 Å². The molecule has 94 valence electrons. The third-order valence-corrected chi connectivity index (χ3v) is 3.84. The van der Waals surface area contributed by atoms with Crippen molar-refractivity contribution in [3.63, 3.8) is 0 Å². The van der Waals surface area contributed by atoms with E-state index in [9.17, 15) is 4.79 Å². The molecule has 0 aromatic heterocycles. The lowest BCUT2D eigenvalue weighted by Gasteiger charge is -2.37. The fraction of sp³-hybridized carbons (Fsp3) is 0.429. The van der Waals surface area contributed by atoms with Gasteiger partial charge < -0.3 is 10.2 Å². The first-order valence-electron chi connectivity index (χ1n) is 6.37. The normalized spacial score (nSPS) is 27.7. The van der Waals surface area contributed by atoms with E-state index in [4.69, 9.17) is 4.99 Å². The summed E-state index contributed by atoms with van der Waals surface area (Å²) in [6.45, 7) is 1.77. The Morgan fingerprint density at radius 3 is 2.78 bits per heavy atom. The van der Waals surface area contributed by atoms with E-state index in [-0.39, 0.29) is 11.6 Å². The van der Waals surface area contributed by atoms with Gasteiger partial charge in [0, 0.05) is 19.2 Å². The largest absolute Gasteiger partial charge is 0.314 e. The monoisotopic (exact) mass is 243 g/mol. The average Bonchev–Trinajstić information content (AvgIpc) is 2.67. The smallest absolute Gasteiger partial charge is 0.274 e. The van der Waals surface area contributed by atoms with Crippen molar-refractivity contribution >= 4 is 11.6 Å². The highest BCUT2D eigenvalue weighted by atomic mass is 16.2. The maximum atomic E-state index is 12.3. The van der Waals surface area contributed by atoms with Gasteiger partial charge in [-0.25, -0.2) is 4.99 Å². The maximum absolute atomic E-state index is 12.3. The molecule has 3 rings (SSSR count). The van der Waals surface area contributed by atoms with Crippen molar-refractivity contribution in [1.82, 2.24) is 10.2 Å². The van der Waals surface area contributed by atoms with Gasteiger partial charge in [0.25, 0.3) is 5.91 Å². The van der Waals surface area contributed by atoms with Crippen LogP contribution in [0, 0.1) is 0 Å². The van der Waals surface area contributed by atoms with E-state index in [0.29, 0.717) is 5.71 Å². The molecule has 1 fully saturated rings. The fourth-order valence-corrected chi connectivity index (χ4v) is 2.72. The lowest BCUT2D eigenvalue weighted by atomic mass is 10.00. The molecule has 0 bridgehead atoms. The molecule has 0 radical (unpaired) electrons. The Balaban J connectivity index is 2.00. The summed E-state index contributed by atoms with van der Waals surface area (Å²) in [6, 6.07) is 9.72. The van der Waals surface area contributed by atoms with Crippen molar-refractivity contribution in [3.8, 4) is 0 Å². The van der Waals surface area contributed by atoms with Crippen LogP contribution in [0.5, 0.6) is 0 Å². The Kier molecular flexibility index (Phi) is 2.67. The molecule has 1 atom stereocenters. The summed E-state index contributed by atoms with van der Waals surface area (Å²) in [5.74, 6) is 0.0323. The van der Waals surface area contributed by atoms with E-state index in [1.807, 2.05) is 37.4 Å². The molecule has 1 saturated heterocycles. The molecule has 2 aliphatic rings. The molecule has 4 nitrogen and oxygen atoms in total. The van der Waals surface area contributed by atoms with Gasteiger partial charge in [-0.1, -0.05) is 30.3 Å². The molecule has 4 heteroatoms. The molecule has 1 amide bonds. The highest BCUT2D eigenvalue weighted by molar-refractivity contribution is 6.46. The van der Waals surface area contributed by atoms with Crippen molar-refractivity contribution in [2.45, 2.75) is 18.5 Å². The summed E-state index contributed by atoms with van der Waals surface area (Å²) in [6.07, 6.45) is 2.00. The molecule has 0 saturated carbocycles. The van der Waals surface area contributed by atoms with Crippen molar-refractivity contribution in [3.05, 3.63) is 35.9 Å². The Hall–Kier alpha value is -1.68. The van der Waals surface area contributed by atoms with Crippen LogP contribution in [-0.2, 0) is 4.79 Å². The Bertz CT molecular complexity index is 489. The number of likely N-dealkylation sites (N-methyl/N-ethyl adjacent to an activating group) is 1. The number of amides is 1. The summed E-state index contributed by atoms with van der Waals surface area (Å²) in [5, 5.41) is 3.34. The van der Waals surface area contributed by atoms with E-state index in [0.717, 1.165) is 31.5 Å². The summed E-state index contributed by atoms with van der Waals surface area (Å²) < 4.78 is 0. The van der Waals surface area contributed by atoms with Gasteiger partial charge >= 0.3 is 0 Å². The minimum atomic E-state index is -0.361. The van der Waals surface area contributed by atoms with E-state index >= 15 is 0 Å². The van der Waals surface area contributed by atoms with Crippen molar-refractivity contribution in [2.75, 3.05) is 20.1 Å². The van der Waals surface area contributed by atoms with E-state index in [1.54, 1.807) is 4.90 Å². The van der Waals surface area contributed by atoms with Crippen LogP contribution in [0.25, 0.3) is 0 Å². The number of rotatable bonds is 1. The highest BCUT2D eigenvalue weighted by Gasteiger charge is 2.45. The molecule has 1 aromatic carbocycles. The number of hydrogen-bond donors (Lipinski definition) is 1. The minimum absolute atomic E-state index is 0.0323. The van der Waals surface area contributed by atoms with Crippen LogP contribution in [0.1, 0.15) is 18.4 Å². The van der Waals surface area contributed by atoms with Crippen molar-refractivity contribution < 1.29 is 4.79 Å². The number of benzene rings is 1. The van der Waals surface area contributed by atoms with Gasteiger partial charge in [-0.15, -0.1) is 0 Å². The molecule has 2 aliphatic heterocycles. The molecule has 1 spiro atoms. The molecule has 1 N–H and O–H groups in total. The van der Waals surface area contributed by atoms with Gasteiger partial charge in [0.15, 0.2) is 0 Å². The topological polar surface area (TPSA) is 44.7 Å². The zero-order valence-electron chi connectivity index (χ0n) is 10.5. The number of nitrogens with one attached hydrogen (secondary N) is 1. The van der Waals surface area contributed by atoms with Crippen LogP contribution in [0.4, 0.5) is 0 Å². The fourth-order valence-electron chi connectivity index (χ4n) is 2.72. The van der Waals surface area contributed by atoms with Crippen LogP contribution in [0.2, 0.25) is 0 Å². The number of nitrogens with zero attached hydrogens (tertiary/aromatic N) is 2. The molecule has 2 heterocycles. The molecular formula is C14H17N3O. The van der Waals surface area contributed by atoms with Crippen LogP contribution in [0.3, 0.4) is 0 Å². The Morgan fingerprint density at radius 1 is 1.33 bits per heavy atom. The molecular weight excluding hydrogens is 226 g/mol. The average molecular weight is 243 g/mol. The van der Waals surface area contributed by atoms with Gasteiger partial charge in [0.05, 0.1) is 0 Å². The van der Waals surface area contributed by atoms with E-state index < -0.39 is 0 Å². The summed E-state index contributed by atoms with van der Waals surface area (Å²) in [7, 11) is 1.86. The van der Waals surface area contributed by atoms with E-state index in [2.05, 4.69) is 5.32 Å². The zero-order chi connectivity index (χ0) is 12.6. The van der Waals surface area contributed by atoms with E-state index in [1.165, 1.54) is 0 Å². The minimum Gasteiger partial charge on any atom is -0.314 e. The van der Waals surface area contributed by atoms with Gasteiger partial charge in [-0.05, 0) is 19.4 Å². The van der Waals surface area contributed by atoms with Gasteiger partial charge in [-0.2, -0.15) is 0 Å². The first-order chi connectivity index (χ1) is 8.73. The highest BCUT2D eigenvalue weighted by Crippen LogP contribution is 2.31. The van der Waals surface area contributed by atoms with Crippen molar-refractivity contribution in [2.24, 2.45) is 4.99 Å². The predicted octanol–water partition coefficient (Wildman–Crippen LogP) is 1.03. The van der Waals surface area contributed by atoms with Crippen molar-refractivity contribution in [1.29, 1.82) is 0 Å². The van der Waals surface area contributed by atoms with Gasteiger partial charge in [0.2, 0.25) is 0 Å². The number of carbonyl (C=O) groups excluding carboxylic acids is 1. The maximum Gasteiger partial charge on any atom is 0.274 e. The Labute approximate surface area is 107 Å². The third kappa shape index (κ3) is 1.64. The standard InChI is InChI=1S/C14H17N3O/c1-17-13(18)12(11-6-3-2-4-7-11)16-14(17)8-5-9-15-10-14/h2-4,6-7,15H,5,8-10H2,1H3. The number of piperidine rings is 1. The third-order valence-electron chi connectivity index (χ3n) is 3.84. The molecule has 0 aliphatic carbocycles. The lowest BCUT2D eigenvalue weighted by molar-refractivity contribution is -0.126. The number of aliphatic imine (C=N–C) groups is 1. The number of hydrogen-bond acceptors (Lipinski definition) is 3. The molecule has 1 unspecified atom stereocenters.